The summed E-state index contributed by atoms with van der Waals surface area (Å²) >= 11 is 0. The van der Waals surface area contributed by atoms with Crippen molar-refractivity contribution >= 4 is 41.7 Å². The van der Waals surface area contributed by atoms with Crippen LogP contribution in [0.1, 0.15) is 93.6 Å². The topological polar surface area (TPSA) is 111 Å². The van der Waals surface area contributed by atoms with E-state index in [1.54, 1.807) is 39.0 Å². The van der Waals surface area contributed by atoms with Gasteiger partial charge < -0.3 is 29.2 Å². The molecule has 1 amide bonds. The van der Waals surface area contributed by atoms with Gasteiger partial charge in [-0.2, -0.15) is 9.97 Å². The molecular weight excluding hydrogens is 864 g/mol. The Morgan fingerprint density at radius 2 is 1.74 bits per heavy atom. The molecule has 3 aliphatic heterocycles. The first-order chi connectivity index (χ1) is 30.6. The van der Waals surface area contributed by atoms with Crippen molar-refractivity contribution < 1.29 is 45.7 Å². The van der Waals surface area contributed by atoms with E-state index in [1.807, 2.05) is 4.90 Å². The van der Waals surface area contributed by atoms with Crippen LogP contribution in [0.25, 0.3) is 32.9 Å². The minimum atomic E-state index is -3.32. The summed E-state index contributed by atoms with van der Waals surface area (Å²) in [7, 11) is -0.930. The van der Waals surface area contributed by atoms with Crippen LogP contribution < -0.4 is 19.7 Å². The number of carbonyl (C=O) groups excluding carboxylic acids is 1. The number of nitrogens with one attached hydrogen (secondary N) is 1. The normalized spacial score (nSPS) is 21.3. The molecule has 0 radical (unpaired) electrons. The summed E-state index contributed by atoms with van der Waals surface area (Å²) in [5.74, 6) is -1.44. The second-order valence-electron chi connectivity index (χ2n) is 19.8. The summed E-state index contributed by atoms with van der Waals surface area (Å²) in [6.45, 7) is 17.8. The smallest absolute Gasteiger partial charge is 0.407 e. The van der Waals surface area contributed by atoms with E-state index in [1.165, 1.54) is 24.3 Å². The number of carbonyl (C=O) groups is 1. The maximum Gasteiger partial charge on any atom is 0.407 e. The number of hydrogen-bond acceptors (Lipinski definition) is 10. The van der Waals surface area contributed by atoms with Gasteiger partial charge in [0.25, 0.3) is 5.92 Å². The molecule has 2 aromatic carbocycles. The van der Waals surface area contributed by atoms with Crippen LogP contribution in [0.2, 0.25) is 16.6 Å². The van der Waals surface area contributed by atoms with Gasteiger partial charge in [-0.15, -0.1) is 5.54 Å². The van der Waals surface area contributed by atoms with Gasteiger partial charge in [-0.05, 0) is 80.4 Å². The number of nitrogens with zero attached hydrogens (tertiary/aromatic N) is 5. The zero-order valence-corrected chi connectivity index (χ0v) is 40.0. The highest BCUT2D eigenvalue weighted by atomic mass is 28.3. The standard InChI is InChI=1S/C48H61F5N6O5Si/c1-28(2)65(29(3)4,30(5)6)17-14-35-38(50)13-12-31-18-34(63-27-61-10)19-36(39(31)35)41-40(51)42-37(22-54-41)43(57-44(56-42)62-26-47-15-11-16-59(47)23-32(49)20-47)58-24-33(21-48(52,53)25-58)55-45(60)64-46(7,8)9/h12-13,18-19,22,28-30,32-33H,11,15-16,20-21,23-27H2,1-10H3,(H,55,60)/t32-,33?,47+/m1/s1. The number of anilines is 1. The lowest BCUT2D eigenvalue weighted by atomic mass is 9.95. The molecular formula is C48H61F5N6O5Si. The highest BCUT2D eigenvalue weighted by molar-refractivity contribution is 6.90. The Balaban J connectivity index is 1.42. The van der Waals surface area contributed by atoms with Crippen molar-refractivity contribution in [3.8, 4) is 34.5 Å². The van der Waals surface area contributed by atoms with Gasteiger partial charge in [0.2, 0.25) is 0 Å². The fourth-order valence-electron chi connectivity index (χ4n) is 10.5. The number of benzene rings is 2. The molecule has 17 heteroatoms. The summed E-state index contributed by atoms with van der Waals surface area (Å²) in [6.07, 6.45) is 0.427. The molecule has 11 nitrogen and oxygen atoms in total. The molecule has 1 unspecified atom stereocenters. The molecule has 5 heterocycles. The van der Waals surface area contributed by atoms with Crippen LogP contribution in [-0.2, 0) is 9.47 Å². The second kappa shape index (κ2) is 18.5. The van der Waals surface area contributed by atoms with Gasteiger partial charge in [-0.1, -0.05) is 53.5 Å². The number of ether oxygens (including phenoxy) is 4. The van der Waals surface area contributed by atoms with Gasteiger partial charge in [0.1, 0.15) is 55.0 Å². The Bertz CT molecular complexity index is 2470. The zero-order chi connectivity index (χ0) is 47.2. The van der Waals surface area contributed by atoms with Crippen LogP contribution in [0.4, 0.5) is 32.6 Å². The summed E-state index contributed by atoms with van der Waals surface area (Å²) in [6, 6.07) is 4.73. The number of amides is 1. The molecule has 1 N–H and O–H groups in total. The van der Waals surface area contributed by atoms with Crippen LogP contribution in [0.3, 0.4) is 0 Å². The minimum absolute atomic E-state index is 0.0125. The van der Waals surface area contributed by atoms with Crippen LogP contribution in [0.15, 0.2) is 30.5 Å². The predicted molar refractivity (Wildman–Crippen MR) is 244 cm³/mol. The van der Waals surface area contributed by atoms with Gasteiger partial charge in [-0.3, -0.25) is 9.88 Å². The summed E-state index contributed by atoms with van der Waals surface area (Å²) in [5.41, 5.74) is 2.53. The van der Waals surface area contributed by atoms with Gasteiger partial charge in [0.05, 0.1) is 29.1 Å². The molecule has 0 spiro atoms. The van der Waals surface area contributed by atoms with E-state index >= 15 is 17.6 Å². The number of fused-ring (bicyclic) bond motifs is 3. The Labute approximate surface area is 379 Å². The van der Waals surface area contributed by atoms with Crippen molar-refractivity contribution in [2.24, 2.45) is 0 Å². The van der Waals surface area contributed by atoms with Crippen molar-refractivity contribution in [2.45, 2.75) is 134 Å². The van der Waals surface area contributed by atoms with E-state index in [0.29, 0.717) is 23.7 Å². The van der Waals surface area contributed by atoms with Gasteiger partial charge in [0, 0.05) is 50.2 Å². The minimum Gasteiger partial charge on any atom is -0.468 e. The monoisotopic (exact) mass is 924 g/mol. The maximum atomic E-state index is 17.8. The SMILES string of the molecule is COCOc1cc(-c2ncc3c(N4CC(NC(=O)OC(C)(C)C)CC(F)(F)C4)nc(OC[C@@]45CCCN4C[C@H](F)C5)nc3c2F)c2c(C#C[Si](C(C)C)(C(C)C)C(C)C)c(F)ccc2c1. The summed E-state index contributed by atoms with van der Waals surface area (Å²) < 4.78 is 103. The van der Waals surface area contributed by atoms with Gasteiger partial charge in [0.15, 0.2) is 12.6 Å². The number of pyridine rings is 1. The maximum absolute atomic E-state index is 17.8. The molecule has 7 rings (SSSR count). The number of rotatable bonds is 12. The molecule has 4 aromatic rings. The summed E-state index contributed by atoms with van der Waals surface area (Å²) in [4.78, 5) is 29.9. The van der Waals surface area contributed by atoms with E-state index in [2.05, 4.69) is 73.3 Å². The number of halogens is 5. The van der Waals surface area contributed by atoms with E-state index in [0.717, 1.165) is 6.42 Å². The Kier molecular flexibility index (Phi) is 13.7. The lowest BCUT2D eigenvalue weighted by molar-refractivity contribution is -0.0231. The molecule has 0 bridgehead atoms. The molecule has 0 saturated carbocycles. The van der Waals surface area contributed by atoms with Crippen LogP contribution in [-0.4, -0.2) is 110 Å². The van der Waals surface area contributed by atoms with Crippen molar-refractivity contribution in [1.29, 1.82) is 0 Å². The first-order valence-corrected chi connectivity index (χ1v) is 24.7. The number of alkyl halides is 3. The number of methoxy groups -OCH3 is 1. The van der Waals surface area contributed by atoms with E-state index in [4.69, 9.17) is 18.9 Å². The average Bonchev–Trinajstić information content (AvgIpc) is 3.73. The number of aromatic nitrogens is 3. The van der Waals surface area contributed by atoms with Crippen molar-refractivity contribution in [2.75, 3.05) is 51.6 Å². The van der Waals surface area contributed by atoms with Crippen LogP contribution >= 0.6 is 0 Å². The average molecular weight is 925 g/mol. The Hall–Kier alpha value is -4.79. The molecule has 3 fully saturated rings. The zero-order valence-electron chi connectivity index (χ0n) is 39.0. The third-order valence-electron chi connectivity index (χ3n) is 13.2. The molecule has 352 valence electrons. The third kappa shape index (κ3) is 9.86. The predicted octanol–water partition coefficient (Wildman–Crippen LogP) is 10.4. The van der Waals surface area contributed by atoms with Crippen molar-refractivity contribution in [1.82, 2.24) is 25.2 Å². The molecule has 3 saturated heterocycles. The van der Waals surface area contributed by atoms with E-state index in [9.17, 15) is 9.18 Å². The molecule has 3 atom stereocenters. The fraction of sp³-hybridized carbons (Fsp3) is 0.583. The highest BCUT2D eigenvalue weighted by Crippen LogP contribution is 2.44. The highest BCUT2D eigenvalue weighted by Gasteiger charge is 2.50. The number of piperidine rings is 1. The lowest BCUT2D eigenvalue weighted by Crippen LogP contribution is -2.56. The van der Waals surface area contributed by atoms with E-state index in [-0.39, 0.29) is 94.8 Å². The largest absolute Gasteiger partial charge is 0.468 e. The quantitative estimate of drug-likeness (QED) is 0.0638. The van der Waals surface area contributed by atoms with Crippen LogP contribution in [0, 0.1) is 23.1 Å². The second-order valence-corrected chi connectivity index (χ2v) is 25.4. The number of alkyl carbamates (subject to hydrolysis) is 1. The van der Waals surface area contributed by atoms with Gasteiger partial charge in [-0.25, -0.2) is 26.7 Å². The lowest BCUT2D eigenvalue weighted by Gasteiger charge is -2.39. The molecule has 2 aromatic heterocycles. The van der Waals surface area contributed by atoms with Crippen LogP contribution in [0.5, 0.6) is 11.8 Å². The van der Waals surface area contributed by atoms with E-state index < -0.39 is 68.0 Å². The number of hydrogen-bond donors (Lipinski definition) is 1. The van der Waals surface area contributed by atoms with Gasteiger partial charge >= 0.3 is 12.1 Å². The fourth-order valence-corrected chi connectivity index (χ4v) is 15.7. The first kappa shape index (κ1) is 48.1. The Morgan fingerprint density at radius 1 is 1.02 bits per heavy atom. The first-order valence-electron chi connectivity index (χ1n) is 22.5. The molecule has 3 aliphatic rings. The van der Waals surface area contributed by atoms with Crippen molar-refractivity contribution in [3.63, 3.8) is 0 Å². The van der Waals surface area contributed by atoms with Crippen molar-refractivity contribution in [3.05, 3.63) is 47.7 Å². The Morgan fingerprint density at radius 3 is 2.42 bits per heavy atom. The molecule has 0 aliphatic carbocycles. The third-order valence-corrected chi connectivity index (χ3v) is 19.5. The molecule has 65 heavy (non-hydrogen) atoms. The summed E-state index contributed by atoms with van der Waals surface area (Å²) in [5, 5.41) is 3.35.